The maximum Gasteiger partial charge on any atom is 0.0595 e. The van der Waals surface area contributed by atoms with Crippen LogP contribution in [0, 0.1) is 0 Å². The van der Waals surface area contributed by atoms with Gasteiger partial charge < -0.3 is 5.73 Å². The van der Waals surface area contributed by atoms with Crippen LogP contribution in [0.5, 0.6) is 0 Å². The zero-order chi connectivity index (χ0) is 14.1. The van der Waals surface area contributed by atoms with E-state index in [0.717, 1.165) is 16.5 Å². The molecule has 1 atom stereocenters. The second kappa shape index (κ2) is 5.86. The summed E-state index contributed by atoms with van der Waals surface area (Å²) in [6, 6.07) is 14.2. The Morgan fingerprint density at radius 1 is 1.15 bits per heavy atom. The number of fused-ring (bicyclic) bond motifs is 1. The molecule has 0 radical (unpaired) electrons. The maximum atomic E-state index is 6.35. The van der Waals surface area contributed by atoms with E-state index in [-0.39, 0.29) is 6.04 Å². The molecule has 0 saturated carbocycles. The van der Waals surface area contributed by atoms with Gasteiger partial charge in [0.2, 0.25) is 0 Å². The molecule has 0 fully saturated rings. The average molecular weight is 367 g/mol. The Balaban J connectivity index is 1.92. The molecule has 1 unspecified atom stereocenters. The number of rotatable bonds is 3. The van der Waals surface area contributed by atoms with Gasteiger partial charge in [-0.3, -0.25) is 0 Å². The van der Waals surface area contributed by atoms with Gasteiger partial charge in [0, 0.05) is 15.2 Å². The smallest absolute Gasteiger partial charge is 0.0595 e. The summed E-state index contributed by atoms with van der Waals surface area (Å²) in [5.41, 5.74) is 8.62. The summed E-state index contributed by atoms with van der Waals surface area (Å²) < 4.78 is 2.19. The van der Waals surface area contributed by atoms with Gasteiger partial charge in [-0.25, -0.2) is 0 Å². The molecule has 3 rings (SSSR count). The minimum absolute atomic E-state index is 0.0991. The van der Waals surface area contributed by atoms with Crippen molar-refractivity contribution in [2.45, 2.75) is 12.5 Å². The highest BCUT2D eigenvalue weighted by molar-refractivity contribution is 9.10. The van der Waals surface area contributed by atoms with E-state index in [4.69, 9.17) is 17.3 Å². The zero-order valence-electron chi connectivity index (χ0n) is 10.6. The predicted octanol–water partition coefficient (Wildman–Crippen LogP) is 5.56. The highest BCUT2D eigenvalue weighted by Crippen LogP contribution is 2.33. The number of benzene rings is 2. The van der Waals surface area contributed by atoms with Crippen molar-refractivity contribution in [3.8, 4) is 0 Å². The van der Waals surface area contributed by atoms with Gasteiger partial charge in [-0.15, -0.1) is 11.3 Å². The number of thiophene rings is 1. The third-order valence-corrected chi connectivity index (χ3v) is 5.71. The van der Waals surface area contributed by atoms with E-state index >= 15 is 0 Å². The molecular weight excluding hydrogens is 354 g/mol. The zero-order valence-corrected chi connectivity index (χ0v) is 13.8. The van der Waals surface area contributed by atoms with Crippen LogP contribution in [0.4, 0.5) is 0 Å². The van der Waals surface area contributed by atoms with Crippen molar-refractivity contribution in [1.29, 1.82) is 0 Å². The first-order valence-electron chi connectivity index (χ1n) is 6.31. The quantitative estimate of drug-likeness (QED) is 0.645. The molecule has 2 aromatic carbocycles. The van der Waals surface area contributed by atoms with Gasteiger partial charge in [-0.05, 0) is 56.4 Å². The van der Waals surface area contributed by atoms with E-state index < -0.39 is 0 Å². The fraction of sp³-hybridized carbons (Fsp3) is 0.125. The Morgan fingerprint density at radius 3 is 2.80 bits per heavy atom. The van der Waals surface area contributed by atoms with Crippen molar-refractivity contribution < 1.29 is 0 Å². The molecular formula is C16H13BrClNS. The summed E-state index contributed by atoms with van der Waals surface area (Å²) in [7, 11) is 0. The Labute approximate surface area is 135 Å². The van der Waals surface area contributed by atoms with Gasteiger partial charge in [-0.1, -0.05) is 41.9 Å². The summed E-state index contributed by atoms with van der Waals surface area (Å²) in [6.07, 6.45) is 0.792. The lowest BCUT2D eigenvalue weighted by Gasteiger charge is -2.14. The van der Waals surface area contributed by atoms with Crippen LogP contribution in [0.15, 0.2) is 52.3 Å². The normalized spacial score (nSPS) is 12.8. The third-order valence-electron chi connectivity index (χ3n) is 3.38. The summed E-state index contributed by atoms with van der Waals surface area (Å²) >= 11 is 11.5. The summed E-state index contributed by atoms with van der Waals surface area (Å²) in [5.74, 6) is 0. The van der Waals surface area contributed by atoms with Crippen LogP contribution in [0.3, 0.4) is 0 Å². The summed E-state index contributed by atoms with van der Waals surface area (Å²) in [6.45, 7) is 0. The second-order valence-corrected chi connectivity index (χ2v) is 6.85. The molecule has 0 aliphatic heterocycles. The fourth-order valence-electron chi connectivity index (χ4n) is 2.34. The standard InChI is InChI=1S/C16H13BrClNS/c17-13-6-3-5-12(16(13)18)14(19)8-10-9-20-15-7-2-1-4-11(10)15/h1-7,9,14H,8,19H2. The van der Waals surface area contributed by atoms with Crippen LogP contribution >= 0.6 is 38.9 Å². The van der Waals surface area contributed by atoms with Crippen LogP contribution in [0.1, 0.15) is 17.2 Å². The topological polar surface area (TPSA) is 26.0 Å². The SMILES string of the molecule is NC(Cc1csc2ccccc12)c1cccc(Br)c1Cl. The number of nitrogens with two attached hydrogens (primary N) is 1. The lowest BCUT2D eigenvalue weighted by molar-refractivity contribution is 0.726. The maximum absolute atomic E-state index is 6.35. The van der Waals surface area contributed by atoms with Gasteiger partial charge in [0.05, 0.1) is 5.02 Å². The van der Waals surface area contributed by atoms with Gasteiger partial charge in [0.25, 0.3) is 0 Å². The Bertz CT molecular complexity index is 753. The van der Waals surface area contributed by atoms with Crippen molar-refractivity contribution >= 4 is 49.0 Å². The van der Waals surface area contributed by atoms with Crippen molar-refractivity contribution in [2.24, 2.45) is 5.73 Å². The number of hydrogen-bond acceptors (Lipinski definition) is 2. The van der Waals surface area contributed by atoms with Crippen LogP contribution in [0.25, 0.3) is 10.1 Å². The first kappa shape index (κ1) is 14.1. The van der Waals surface area contributed by atoms with E-state index in [2.05, 4.69) is 45.6 Å². The highest BCUT2D eigenvalue weighted by atomic mass is 79.9. The Hall–Kier alpha value is -0.870. The highest BCUT2D eigenvalue weighted by Gasteiger charge is 2.14. The van der Waals surface area contributed by atoms with E-state index in [0.29, 0.717) is 5.02 Å². The molecule has 1 nitrogen and oxygen atoms in total. The first-order valence-corrected chi connectivity index (χ1v) is 8.36. The van der Waals surface area contributed by atoms with Crippen molar-refractivity contribution in [2.75, 3.05) is 0 Å². The van der Waals surface area contributed by atoms with E-state index in [1.807, 2.05) is 18.2 Å². The summed E-state index contributed by atoms with van der Waals surface area (Å²) in [5, 5.41) is 4.19. The molecule has 0 spiro atoms. The molecule has 0 aliphatic rings. The van der Waals surface area contributed by atoms with E-state index in [1.165, 1.54) is 15.6 Å². The van der Waals surface area contributed by atoms with Gasteiger partial charge >= 0.3 is 0 Å². The van der Waals surface area contributed by atoms with Crippen LogP contribution < -0.4 is 5.73 Å². The van der Waals surface area contributed by atoms with Crippen molar-refractivity contribution in [3.63, 3.8) is 0 Å². The van der Waals surface area contributed by atoms with Gasteiger partial charge in [0.1, 0.15) is 0 Å². The monoisotopic (exact) mass is 365 g/mol. The van der Waals surface area contributed by atoms with Gasteiger partial charge in [0.15, 0.2) is 0 Å². The largest absolute Gasteiger partial charge is 0.324 e. The van der Waals surface area contributed by atoms with Gasteiger partial charge in [-0.2, -0.15) is 0 Å². The predicted molar refractivity (Wildman–Crippen MR) is 91.6 cm³/mol. The van der Waals surface area contributed by atoms with Crippen LogP contribution in [-0.4, -0.2) is 0 Å². The minimum atomic E-state index is -0.0991. The molecule has 0 amide bonds. The lowest BCUT2D eigenvalue weighted by atomic mass is 9.99. The Kier molecular flexibility index (Phi) is 4.13. The first-order chi connectivity index (χ1) is 9.66. The minimum Gasteiger partial charge on any atom is -0.324 e. The van der Waals surface area contributed by atoms with Crippen molar-refractivity contribution in [1.82, 2.24) is 0 Å². The molecule has 4 heteroatoms. The molecule has 0 saturated heterocycles. The van der Waals surface area contributed by atoms with Crippen LogP contribution in [-0.2, 0) is 6.42 Å². The molecule has 1 aromatic heterocycles. The number of hydrogen-bond donors (Lipinski definition) is 1. The molecule has 0 aliphatic carbocycles. The third kappa shape index (κ3) is 2.63. The molecule has 102 valence electrons. The van der Waals surface area contributed by atoms with Crippen molar-refractivity contribution in [3.05, 3.63) is 68.5 Å². The molecule has 0 bridgehead atoms. The molecule has 3 aromatic rings. The molecule has 2 N–H and O–H groups in total. The Morgan fingerprint density at radius 2 is 1.95 bits per heavy atom. The van der Waals surface area contributed by atoms with E-state index in [9.17, 15) is 0 Å². The number of halogens is 2. The van der Waals surface area contributed by atoms with Crippen LogP contribution in [0.2, 0.25) is 5.02 Å². The lowest BCUT2D eigenvalue weighted by Crippen LogP contribution is -2.13. The summed E-state index contributed by atoms with van der Waals surface area (Å²) in [4.78, 5) is 0. The molecule has 20 heavy (non-hydrogen) atoms. The average Bonchev–Trinajstić information content (AvgIpc) is 2.85. The van der Waals surface area contributed by atoms with E-state index in [1.54, 1.807) is 11.3 Å². The second-order valence-electron chi connectivity index (χ2n) is 4.71. The molecule has 1 heterocycles. The fourth-order valence-corrected chi connectivity index (χ4v) is 3.97.